The minimum Gasteiger partial charge on any atom is -0.465 e. The molecule has 21 heavy (non-hydrogen) atoms. The van der Waals surface area contributed by atoms with Crippen molar-refractivity contribution in [2.45, 2.75) is 32.4 Å². The normalized spacial score (nSPS) is 24.9. The molecular weight excluding hydrogens is 342 g/mol. The van der Waals surface area contributed by atoms with Gasteiger partial charge in [-0.25, -0.2) is 9.78 Å². The van der Waals surface area contributed by atoms with Crippen molar-refractivity contribution in [1.82, 2.24) is 14.5 Å². The van der Waals surface area contributed by atoms with Crippen LogP contribution in [-0.2, 0) is 6.54 Å². The third-order valence-electron chi connectivity index (χ3n) is 4.19. The second kappa shape index (κ2) is 5.42. The molecule has 1 aromatic heterocycles. The molecule has 2 heterocycles. The van der Waals surface area contributed by atoms with Gasteiger partial charge in [0.1, 0.15) is 4.60 Å². The maximum absolute atomic E-state index is 11.8. The lowest BCUT2D eigenvalue weighted by Gasteiger charge is -2.49. The summed E-state index contributed by atoms with van der Waals surface area (Å²) in [5, 5.41) is 20.0. The SMILES string of the molecule is CC1(C)CN(C(=O)O)CCC1(O)Cn1cc(Br)ncc1=O. The summed E-state index contributed by atoms with van der Waals surface area (Å²) in [6.07, 6.45) is 2.00. The molecule has 1 saturated heterocycles. The van der Waals surface area contributed by atoms with Gasteiger partial charge in [-0.2, -0.15) is 0 Å². The third-order valence-corrected chi connectivity index (χ3v) is 4.60. The molecule has 0 aromatic carbocycles. The number of aromatic nitrogens is 2. The van der Waals surface area contributed by atoms with E-state index in [-0.39, 0.29) is 31.6 Å². The van der Waals surface area contributed by atoms with Crippen molar-refractivity contribution >= 4 is 22.0 Å². The van der Waals surface area contributed by atoms with Gasteiger partial charge in [-0.1, -0.05) is 13.8 Å². The third kappa shape index (κ3) is 3.11. The molecule has 1 aliphatic rings. The number of carboxylic acid groups (broad SMARTS) is 1. The first-order valence-corrected chi connectivity index (χ1v) is 7.36. The zero-order valence-corrected chi connectivity index (χ0v) is 13.5. The van der Waals surface area contributed by atoms with Crippen LogP contribution < -0.4 is 5.56 Å². The molecule has 8 heteroatoms. The molecule has 2 rings (SSSR count). The number of halogens is 1. The topological polar surface area (TPSA) is 95.7 Å². The second-order valence-corrected chi connectivity index (χ2v) is 6.86. The second-order valence-electron chi connectivity index (χ2n) is 6.05. The lowest BCUT2D eigenvalue weighted by molar-refractivity contribution is -0.123. The fraction of sp³-hybridized carbons (Fsp3) is 0.615. The fourth-order valence-corrected chi connectivity index (χ4v) is 2.99. The predicted molar refractivity (Wildman–Crippen MR) is 79.1 cm³/mol. The van der Waals surface area contributed by atoms with Crippen LogP contribution in [0.4, 0.5) is 4.79 Å². The number of hydrogen-bond acceptors (Lipinski definition) is 4. The summed E-state index contributed by atoms with van der Waals surface area (Å²) in [5.74, 6) is 0. The Hall–Kier alpha value is -1.41. The molecule has 1 aliphatic heterocycles. The van der Waals surface area contributed by atoms with Gasteiger partial charge in [0.2, 0.25) is 0 Å². The molecule has 1 unspecified atom stereocenters. The van der Waals surface area contributed by atoms with Crippen molar-refractivity contribution in [1.29, 1.82) is 0 Å². The van der Waals surface area contributed by atoms with Crippen LogP contribution in [0.25, 0.3) is 0 Å². The van der Waals surface area contributed by atoms with Crippen LogP contribution in [0.5, 0.6) is 0 Å². The van der Waals surface area contributed by atoms with E-state index < -0.39 is 17.1 Å². The Morgan fingerprint density at radius 2 is 2.19 bits per heavy atom. The van der Waals surface area contributed by atoms with Crippen LogP contribution in [0.1, 0.15) is 20.3 Å². The summed E-state index contributed by atoms with van der Waals surface area (Å²) in [7, 11) is 0. The molecule has 0 spiro atoms. The van der Waals surface area contributed by atoms with E-state index in [9.17, 15) is 14.7 Å². The number of likely N-dealkylation sites (tertiary alicyclic amines) is 1. The first-order valence-electron chi connectivity index (χ1n) is 6.57. The van der Waals surface area contributed by atoms with Crippen molar-refractivity contribution in [3.63, 3.8) is 0 Å². The van der Waals surface area contributed by atoms with Gasteiger partial charge in [-0.3, -0.25) is 4.79 Å². The first-order chi connectivity index (χ1) is 9.64. The Bertz CT molecular complexity index is 616. The van der Waals surface area contributed by atoms with E-state index in [1.165, 1.54) is 21.9 Å². The molecule has 1 atom stereocenters. The number of carbonyl (C=O) groups is 1. The van der Waals surface area contributed by atoms with Gasteiger partial charge in [0.25, 0.3) is 5.56 Å². The van der Waals surface area contributed by atoms with Gasteiger partial charge >= 0.3 is 6.09 Å². The number of piperidine rings is 1. The number of nitrogens with zero attached hydrogens (tertiary/aromatic N) is 3. The molecule has 2 N–H and O–H groups in total. The van der Waals surface area contributed by atoms with E-state index in [0.717, 1.165) is 0 Å². The number of aliphatic hydroxyl groups is 1. The Morgan fingerprint density at radius 3 is 2.76 bits per heavy atom. The van der Waals surface area contributed by atoms with E-state index in [0.29, 0.717) is 4.60 Å². The highest BCUT2D eigenvalue weighted by Crippen LogP contribution is 2.39. The molecule has 0 bridgehead atoms. The van der Waals surface area contributed by atoms with Crippen molar-refractivity contribution < 1.29 is 15.0 Å². The zero-order chi connectivity index (χ0) is 15.8. The van der Waals surface area contributed by atoms with Gasteiger partial charge in [0.15, 0.2) is 0 Å². The molecule has 0 saturated carbocycles. The molecule has 1 fully saturated rings. The fourth-order valence-electron chi connectivity index (χ4n) is 2.64. The van der Waals surface area contributed by atoms with Gasteiger partial charge in [-0.05, 0) is 22.4 Å². The van der Waals surface area contributed by atoms with Crippen LogP contribution in [0, 0.1) is 5.41 Å². The summed E-state index contributed by atoms with van der Waals surface area (Å²) in [6, 6.07) is 0. The standard InChI is InChI=1S/C13H18BrN3O4/c1-12(2)7-16(11(19)20)4-3-13(12,21)8-17-6-9(14)15-5-10(17)18/h5-6,21H,3-4,7-8H2,1-2H3,(H,19,20). The van der Waals surface area contributed by atoms with Crippen LogP contribution in [-0.4, -0.2) is 49.4 Å². The number of amides is 1. The monoisotopic (exact) mass is 359 g/mol. The van der Waals surface area contributed by atoms with Crippen LogP contribution in [0.15, 0.2) is 21.8 Å². The van der Waals surface area contributed by atoms with Crippen molar-refractivity contribution in [2.24, 2.45) is 5.41 Å². The highest BCUT2D eigenvalue weighted by Gasteiger charge is 2.48. The van der Waals surface area contributed by atoms with Gasteiger partial charge in [0.05, 0.1) is 18.3 Å². The van der Waals surface area contributed by atoms with E-state index in [2.05, 4.69) is 20.9 Å². The largest absolute Gasteiger partial charge is 0.465 e. The van der Waals surface area contributed by atoms with Crippen molar-refractivity contribution in [2.75, 3.05) is 13.1 Å². The minimum absolute atomic E-state index is 0.105. The van der Waals surface area contributed by atoms with Crippen LogP contribution >= 0.6 is 15.9 Å². The Kier molecular flexibility index (Phi) is 4.12. The molecule has 0 aliphatic carbocycles. The van der Waals surface area contributed by atoms with Crippen LogP contribution in [0.3, 0.4) is 0 Å². The van der Waals surface area contributed by atoms with Gasteiger partial charge in [0, 0.05) is 24.7 Å². The molecular formula is C13H18BrN3O4. The minimum atomic E-state index is -1.16. The lowest BCUT2D eigenvalue weighted by atomic mass is 9.70. The summed E-state index contributed by atoms with van der Waals surface area (Å²) >= 11 is 3.20. The average Bonchev–Trinajstić information content (AvgIpc) is 2.37. The Balaban J connectivity index is 2.28. The van der Waals surface area contributed by atoms with Gasteiger partial charge in [-0.15, -0.1) is 0 Å². The van der Waals surface area contributed by atoms with Gasteiger partial charge < -0.3 is 19.7 Å². The molecule has 1 amide bonds. The highest BCUT2D eigenvalue weighted by atomic mass is 79.9. The maximum Gasteiger partial charge on any atom is 0.407 e. The summed E-state index contributed by atoms with van der Waals surface area (Å²) in [5.41, 5.74) is -2.13. The van der Waals surface area contributed by atoms with E-state index in [1.54, 1.807) is 0 Å². The maximum atomic E-state index is 11.8. The Morgan fingerprint density at radius 1 is 1.52 bits per heavy atom. The number of hydrogen-bond donors (Lipinski definition) is 2. The summed E-state index contributed by atoms with van der Waals surface area (Å²) < 4.78 is 1.90. The van der Waals surface area contributed by atoms with Crippen molar-refractivity contribution in [3.8, 4) is 0 Å². The lowest BCUT2D eigenvalue weighted by Crippen LogP contribution is -2.60. The molecule has 7 nitrogen and oxygen atoms in total. The quantitative estimate of drug-likeness (QED) is 0.825. The van der Waals surface area contributed by atoms with E-state index in [4.69, 9.17) is 5.11 Å². The smallest absolute Gasteiger partial charge is 0.407 e. The van der Waals surface area contributed by atoms with Crippen molar-refractivity contribution in [3.05, 3.63) is 27.4 Å². The first kappa shape index (κ1) is 16.0. The molecule has 116 valence electrons. The summed E-state index contributed by atoms with van der Waals surface area (Å²) in [6.45, 7) is 4.19. The van der Waals surface area contributed by atoms with E-state index in [1.807, 2.05) is 13.8 Å². The molecule has 0 radical (unpaired) electrons. The predicted octanol–water partition coefficient (Wildman–Crippen LogP) is 1.15. The van der Waals surface area contributed by atoms with Crippen LogP contribution in [0.2, 0.25) is 0 Å². The highest BCUT2D eigenvalue weighted by molar-refractivity contribution is 9.10. The average molecular weight is 360 g/mol. The Labute approximate surface area is 130 Å². The number of rotatable bonds is 2. The summed E-state index contributed by atoms with van der Waals surface area (Å²) in [4.78, 5) is 28.1. The van der Waals surface area contributed by atoms with E-state index >= 15 is 0 Å². The zero-order valence-electron chi connectivity index (χ0n) is 11.9. The molecule has 1 aromatic rings.